The summed E-state index contributed by atoms with van der Waals surface area (Å²) < 4.78 is 0. The topological polar surface area (TPSA) is 0 Å². The number of benzene rings is 1. The van der Waals surface area contributed by atoms with Gasteiger partial charge in [-0.2, -0.15) is 12.6 Å². The van der Waals surface area contributed by atoms with Gasteiger partial charge >= 0.3 is 0 Å². The molecular formula is C12H20SSi. The minimum absolute atomic E-state index is 1.03. The molecule has 0 aromatic heterocycles. The number of thiol groups is 1. The molecule has 0 heterocycles. The van der Waals surface area contributed by atoms with Crippen molar-refractivity contribution in [3.8, 4) is 0 Å². The summed E-state index contributed by atoms with van der Waals surface area (Å²) in [5, 5.41) is 1.58. The van der Waals surface area contributed by atoms with Crippen molar-refractivity contribution >= 4 is 25.9 Å². The van der Waals surface area contributed by atoms with Gasteiger partial charge in [0.1, 0.15) is 0 Å². The minimum atomic E-state index is -1.15. The molecule has 0 amide bonds. The second kappa shape index (κ2) is 5.62. The highest BCUT2D eigenvalue weighted by Crippen LogP contribution is 2.14. The monoisotopic (exact) mass is 224 g/mol. The van der Waals surface area contributed by atoms with Gasteiger partial charge < -0.3 is 0 Å². The maximum atomic E-state index is 4.25. The molecule has 0 atom stereocenters. The maximum absolute atomic E-state index is 4.25. The zero-order valence-corrected chi connectivity index (χ0v) is 11.1. The molecule has 1 aromatic rings. The summed E-state index contributed by atoms with van der Waals surface area (Å²) in [6.45, 7) is 4.92. The number of unbranched alkanes of at least 4 members (excludes halogenated alkanes) is 1. The Bertz CT molecular complexity index is 256. The van der Waals surface area contributed by atoms with Crippen molar-refractivity contribution in [1.82, 2.24) is 0 Å². The second-order valence-electron chi connectivity index (χ2n) is 4.43. The zero-order chi connectivity index (χ0) is 10.4. The van der Waals surface area contributed by atoms with Crippen molar-refractivity contribution in [2.24, 2.45) is 0 Å². The van der Waals surface area contributed by atoms with E-state index < -0.39 is 8.07 Å². The Balaban J connectivity index is 2.56. The Hall–Kier alpha value is -0.213. The molecule has 1 rings (SSSR count). The van der Waals surface area contributed by atoms with Crippen LogP contribution in [0.3, 0.4) is 0 Å². The van der Waals surface area contributed by atoms with Crippen molar-refractivity contribution in [2.45, 2.75) is 32.0 Å². The van der Waals surface area contributed by atoms with Crippen molar-refractivity contribution in [1.29, 1.82) is 0 Å². The summed E-state index contributed by atoms with van der Waals surface area (Å²) in [6.07, 6.45) is 2.59. The number of hydrogen-bond donors (Lipinski definition) is 1. The molecule has 0 spiro atoms. The highest BCUT2D eigenvalue weighted by atomic mass is 32.1. The Labute approximate surface area is 94.2 Å². The summed E-state index contributed by atoms with van der Waals surface area (Å²) in [4.78, 5) is 0. The van der Waals surface area contributed by atoms with E-state index in [2.05, 4.69) is 56.1 Å². The van der Waals surface area contributed by atoms with E-state index in [-0.39, 0.29) is 0 Å². The Morgan fingerprint density at radius 1 is 1.07 bits per heavy atom. The van der Waals surface area contributed by atoms with Crippen LogP contribution in [0.1, 0.15) is 12.8 Å². The third kappa shape index (κ3) is 3.50. The van der Waals surface area contributed by atoms with E-state index in [0.717, 1.165) is 5.75 Å². The fourth-order valence-corrected chi connectivity index (χ4v) is 4.45. The summed E-state index contributed by atoms with van der Waals surface area (Å²) in [5.41, 5.74) is 0. The molecule has 0 saturated heterocycles. The van der Waals surface area contributed by atoms with Crippen LogP contribution in [-0.4, -0.2) is 13.8 Å². The lowest BCUT2D eigenvalue weighted by Crippen LogP contribution is -2.40. The highest BCUT2D eigenvalue weighted by molar-refractivity contribution is 7.80. The van der Waals surface area contributed by atoms with Gasteiger partial charge in [0.05, 0.1) is 8.07 Å². The molecule has 0 fully saturated rings. The van der Waals surface area contributed by atoms with E-state index in [4.69, 9.17) is 0 Å². The standard InChI is InChI=1S/C12H20SSi/c1-14(2,11-7-6-10-13)12-8-4-3-5-9-12/h3-5,8-9,13H,6-7,10-11H2,1-2H3. The molecule has 0 nitrogen and oxygen atoms in total. The van der Waals surface area contributed by atoms with Crippen LogP contribution in [0.25, 0.3) is 0 Å². The number of hydrogen-bond acceptors (Lipinski definition) is 1. The quantitative estimate of drug-likeness (QED) is 0.443. The van der Waals surface area contributed by atoms with Crippen molar-refractivity contribution < 1.29 is 0 Å². The van der Waals surface area contributed by atoms with Gasteiger partial charge in [-0.15, -0.1) is 0 Å². The SMILES string of the molecule is C[Si](C)(CCCCS)c1ccccc1. The van der Waals surface area contributed by atoms with Gasteiger partial charge in [0.2, 0.25) is 0 Å². The second-order valence-corrected chi connectivity index (χ2v) is 9.72. The van der Waals surface area contributed by atoms with Crippen molar-refractivity contribution in [3.05, 3.63) is 30.3 Å². The smallest absolute Gasteiger partial charge is 0.0806 e. The fraction of sp³-hybridized carbons (Fsp3) is 0.500. The van der Waals surface area contributed by atoms with Crippen molar-refractivity contribution in [2.75, 3.05) is 5.75 Å². The van der Waals surface area contributed by atoms with Gasteiger partial charge in [0, 0.05) is 0 Å². The first-order valence-electron chi connectivity index (χ1n) is 5.33. The summed E-state index contributed by atoms with van der Waals surface area (Å²) in [7, 11) is -1.15. The van der Waals surface area contributed by atoms with Crippen LogP contribution >= 0.6 is 12.6 Å². The lowest BCUT2D eigenvalue weighted by atomic mass is 10.4. The van der Waals surface area contributed by atoms with Crippen LogP contribution in [0.2, 0.25) is 19.1 Å². The van der Waals surface area contributed by atoms with Crippen LogP contribution in [0.5, 0.6) is 0 Å². The van der Waals surface area contributed by atoms with E-state index >= 15 is 0 Å². The zero-order valence-electron chi connectivity index (χ0n) is 9.16. The summed E-state index contributed by atoms with van der Waals surface area (Å²) >= 11 is 4.25. The normalized spacial score (nSPS) is 11.6. The molecule has 78 valence electrons. The van der Waals surface area contributed by atoms with Crippen LogP contribution < -0.4 is 5.19 Å². The Morgan fingerprint density at radius 3 is 2.29 bits per heavy atom. The third-order valence-corrected chi connectivity index (χ3v) is 6.58. The molecule has 0 N–H and O–H groups in total. The predicted octanol–water partition coefficient (Wildman–Crippen LogP) is 3.31. The molecule has 0 aliphatic heterocycles. The average Bonchev–Trinajstić information content (AvgIpc) is 2.19. The lowest BCUT2D eigenvalue weighted by Gasteiger charge is -2.22. The van der Waals surface area contributed by atoms with Crippen LogP contribution in [0.15, 0.2) is 30.3 Å². The molecule has 0 aliphatic carbocycles. The Kier molecular flexibility index (Phi) is 4.76. The van der Waals surface area contributed by atoms with E-state index in [9.17, 15) is 0 Å². The fourth-order valence-electron chi connectivity index (χ4n) is 1.71. The average molecular weight is 224 g/mol. The molecule has 14 heavy (non-hydrogen) atoms. The molecule has 0 saturated carbocycles. The van der Waals surface area contributed by atoms with E-state index in [1.807, 2.05) is 0 Å². The largest absolute Gasteiger partial charge is 0.179 e. The highest BCUT2D eigenvalue weighted by Gasteiger charge is 2.21. The van der Waals surface area contributed by atoms with Gasteiger partial charge in [-0.25, -0.2) is 0 Å². The maximum Gasteiger partial charge on any atom is 0.0806 e. The van der Waals surface area contributed by atoms with Crippen LogP contribution in [0, 0.1) is 0 Å². The molecule has 1 aromatic carbocycles. The Morgan fingerprint density at radius 2 is 1.71 bits per heavy atom. The minimum Gasteiger partial charge on any atom is -0.179 e. The van der Waals surface area contributed by atoms with Gasteiger partial charge in [0.15, 0.2) is 0 Å². The van der Waals surface area contributed by atoms with E-state index in [1.165, 1.54) is 18.9 Å². The van der Waals surface area contributed by atoms with Gasteiger partial charge in [-0.3, -0.25) is 0 Å². The van der Waals surface area contributed by atoms with Gasteiger partial charge in [-0.05, 0) is 12.2 Å². The third-order valence-electron chi connectivity index (χ3n) is 2.77. The molecule has 0 aliphatic rings. The number of rotatable bonds is 5. The first-order chi connectivity index (χ1) is 6.67. The van der Waals surface area contributed by atoms with Crippen LogP contribution in [0.4, 0.5) is 0 Å². The van der Waals surface area contributed by atoms with Crippen molar-refractivity contribution in [3.63, 3.8) is 0 Å². The molecular weight excluding hydrogens is 204 g/mol. The first-order valence-corrected chi connectivity index (χ1v) is 9.17. The van der Waals surface area contributed by atoms with Gasteiger partial charge in [-0.1, -0.05) is 61.1 Å². The van der Waals surface area contributed by atoms with Crippen LogP contribution in [-0.2, 0) is 0 Å². The van der Waals surface area contributed by atoms with Gasteiger partial charge in [0.25, 0.3) is 0 Å². The van der Waals surface area contributed by atoms with E-state index in [0.29, 0.717) is 0 Å². The summed E-state index contributed by atoms with van der Waals surface area (Å²) in [5.74, 6) is 1.03. The molecule has 0 unspecified atom stereocenters. The lowest BCUT2D eigenvalue weighted by molar-refractivity contribution is 0.883. The molecule has 0 bridgehead atoms. The molecule has 2 heteroatoms. The first kappa shape index (κ1) is 11.9. The summed E-state index contributed by atoms with van der Waals surface area (Å²) in [6, 6.07) is 12.4. The molecule has 0 radical (unpaired) electrons. The predicted molar refractivity (Wildman–Crippen MR) is 71.5 cm³/mol. The van der Waals surface area contributed by atoms with E-state index in [1.54, 1.807) is 5.19 Å².